The molecule has 0 aromatic heterocycles. The second-order valence-corrected chi connectivity index (χ2v) is 2.46. The largest absolute Gasteiger partial charge is 0.463 e. The Morgan fingerprint density at radius 3 is 2.00 bits per heavy atom. The van der Waals surface area contributed by atoms with Crippen LogP contribution in [-0.2, 0) is 9.53 Å². The summed E-state index contributed by atoms with van der Waals surface area (Å²) < 4.78 is 4.43. The molecule has 0 radical (unpaired) electrons. The number of rotatable bonds is 2. The zero-order valence-electron chi connectivity index (χ0n) is 7.81. The van der Waals surface area contributed by atoms with E-state index in [9.17, 15) is 4.79 Å². The van der Waals surface area contributed by atoms with Crippen LogP contribution in [0.2, 0.25) is 0 Å². The van der Waals surface area contributed by atoms with Crippen molar-refractivity contribution in [1.82, 2.24) is 0 Å². The first kappa shape index (κ1) is 12.8. The third kappa shape index (κ3) is 27.1. The molecule has 0 aliphatic heterocycles. The van der Waals surface area contributed by atoms with Crippen LogP contribution in [0.15, 0.2) is 12.7 Å². The predicted octanol–water partition coefficient (Wildman–Crippen LogP) is -0.504. The highest BCUT2D eigenvalue weighted by atomic mass is 16.5. The summed E-state index contributed by atoms with van der Waals surface area (Å²) in [5, 5.41) is 0. The molecule has 0 spiro atoms. The Labute approximate surface area is 68.6 Å². The molecule has 0 saturated carbocycles. The van der Waals surface area contributed by atoms with Crippen molar-refractivity contribution in [3.8, 4) is 0 Å². The van der Waals surface area contributed by atoms with Crippen LogP contribution in [-0.4, -0.2) is 33.7 Å². The van der Waals surface area contributed by atoms with Crippen LogP contribution < -0.4 is 4.90 Å². The van der Waals surface area contributed by atoms with Gasteiger partial charge in [0, 0.05) is 6.08 Å². The molecule has 0 aliphatic rings. The third-order valence-electron chi connectivity index (χ3n) is 0.453. The van der Waals surface area contributed by atoms with Gasteiger partial charge in [-0.2, -0.15) is 0 Å². The number of ether oxygens (including phenoxy) is 1. The monoisotopic (exact) mass is 160 g/mol. The molecule has 66 valence electrons. The zero-order valence-corrected chi connectivity index (χ0v) is 7.81. The average molecular weight is 160 g/mol. The van der Waals surface area contributed by atoms with E-state index in [4.69, 9.17) is 0 Å². The standard InChI is InChI=1S/C5H8O2.C3H9N/c1-3-5(6)7-4-2;1-4(2)3/h3H,1,4H2,2H3;1-3H3/p+1. The van der Waals surface area contributed by atoms with E-state index < -0.39 is 0 Å². The normalized spacial score (nSPS) is 8.09. The third-order valence-corrected chi connectivity index (χ3v) is 0.453. The first-order valence-corrected chi connectivity index (χ1v) is 3.60. The van der Waals surface area contributed by atoms with Gasteiger partial charge in [0.2, 0.25) is 0 Å². The number of carbonyl (C=O) groups is 1. The summed E-state index contributed by atoms with van der Waals surface area (Å²) in [7, 11) is 6.25. The van der Waals surface area contributed by atoms with Crippen LogP contribution in [0.3, 0.4) is 0 Å². The van der Waals surface area contributed by atoms with E-state index in [1.54, 1.807) is 6.92 Å². The van der Waals surface area contributed by atoms with Gasteiger partial charge < -0.3 is 9.64 Å². The zero-order chi connectivity index (χ0) is 9.28. The SMILES string of the molecule is C=CC(=O)OCC.C[NH+](C)C. The first-order chi connectivity index (χ1) is 5.04. The summed E-state index contributed by atoms with van der Waals surface area (Å²) in [6.45, 7) is 5.38. The van der Waals surface area contributed by atoms with E-state index in [0.717, 1.165) is 6.08 Å². The summed E-state index contributed by atoms with van der Waals surface area (Å²) in [4.78, 5) is 11.5. The lowest BCUT2D eigenvalue weighted by Gasteiger charge is -1.90. The molecule has 0 aliphatic carbocycles. The van der Waals surface area contributed by atoms with Gasteiger partial charge in [0.05, 0.1) is 27.7 Å². The van der Waals surface area contributed by atoms with Crippen molar-refractivity contribution in [2.45, 2.75) is 6.92 Å². The minimum absolute atomic E-state index is 0.359. The fourth-order valence-corrected chi connectivity index (χ4v) is 0.201. The second kappa shape index (κ2) is 9.17. The molecule has 0 rings (SSSR count). The molecule has 0 aromatic rings. The van der Waals surface area contributed by atoms with E-state index in [-0.39, 0.29) is 5.97 Å². The molecule has 0 amide bonds. The van der Waals surface area contributed by atoms with Crippen molar-refractivity contribution in [3.05, 3.63) is 12.7 Å². The van der Waals surface area contributed by atoms with Gasteiger partial charge in [-0.25, -0.2) is 4.79 Å². The van der Waals surface area contributed by atoms with Crippen LogP contribution in [0.5, 0.6) is 0 Å². The van der Waals surface area contributed by atoms with Crippen LogP contribution >= 0.6 is 0 Å². The summed E-state index contributed by atoms with van der Waals surface area (Å²) >= 11 is 0. The van der Waals surface area contributed by atoms with Gasteiger partial charge in [0.1, 0.15) is 0 Å². The molecule has 0 atom stereocenters. The Morgan fingerprint density at radius 2 is 1.91 bits per heavy atom. The Morgan fingerprint density at radius 1 is 1.55 bits per heavy atom. The molecule has 1 N–H and O–H groups in total. The smallest absolute Gasteiger partial charge is 0.330 e. The lowest BCUT2D eigenvalue weighted by molar-refractivity contribution is -0.836. The van der Waals surface area contributed by atoms with Crippen molar-refractivity contribution in [2.75, 3.05) is 27.7 Å². The Kier molecular flexibility index (Phi) is 10.7. The highest BCUT2D eigenvalue weighted by Gasteiger charge is 1.86. The van der Waals surface area contributed by atoms with Gasteiger partial charge in [-0.1, -0.05) is 6.58 Å². The Bertz CT molecular complexity index is 108. The second-order valence-electron chi connectivity index (χ2n) is 2.46. The molecule has 11 heavy (non-hydrogen) atoms. The maximum Gasteiger partial charge on any atom is 0.330 e. The molecule has 3 nitrogen and oxygen atoms in total. The van der Waals surface area contributed by atoms with Crippen LogP contribution in [0.1, 0.15) is 6.92 Å². The molecule has 0 unspecified atom stereocenters. The topological polar surface area (TPSA) is 30.7 Å². The lowest BCUT2D eigenvalue weighted by Crippen LogP contribution is -3.02. The molecule has 0 aromatic carbocycles. The van der Waals surface area contributed by atoms with E-state index >= 15 is 0 Å². The molecule has 0 heterocycles. The Balaban J connectivity index is 0. The van der Waals surface area contributed by atoms with Gasteiger partial charge in [-0.15, -0.1) is 0 Å². The van der Waals surface area contributed by atoms with E-state index in [1.807, 2.05) is 0 Å². The van der Waals surface area contributed by atoms with Crippen molar-refractivity contribution in [1.29, 1.82) is 0 Å². The Hall–Kier alpha value is -0.830. The lowest BCUT2D eigenvalue weighted by atomic mass is 10.6. The van der Waals surface area contributed by atoms with Crippen molar-refractivity contribution >= 4 is 5.97 Å². The van der Waals surface area contributed by atoms with Crippen molar-refractivity contribution in [3.63, 3.8) is 0 Å². The summed E-state index contributed by atoms with van der Waals surface area (Å²) in [6, 6.07) is 0. The fraction of sp³-hybridized carbons (Fsp3) is 0.625. The van der Waals surface area contributed by atoms with E-state index in [2.05, 4.69) is 32.5 Å². The molecule has 0 fully saturated rings. The summed E-state index contributed by atoms with van der Waals surface area (Å²) in [6.07, 6.45) is 1.14. The molecular weight excluding hydrogens is 142 g/mol. The highest BCUT2D eigenvalue weighted by Crippen LogP contribution is 1.74. The van der Waals surface area contributed by atoms with Gasteiger partial charge >= 0.3 is 5.97 Å². The quantitative estimate of drug-likeness (QED) is 0.436. The van der Waals surface area contributed by atoms with E-state index in [0.29, 0.717) is 6.61 Å². The molecule has 0 saturated heterocycles. The fourth-order valence-electron chi connectivity index (χ4n) is 0.201. The first-order valence-electron chi connectivity index (χ1n) is 3.60. The number of carbonyl (C=O) groups excluding carboxylic acids is 1. The maximum absolute atomic E-state index is 10.1. The van der Waals surface area contributed by atoms with Crippen LogP contribution in [0, 0.1) is 0 Å². The number of quaternary nitrogens is 1. The molecule has 3 heteroatoms. The van der Waals surface area contributed by atoms with E-state index in [1.165, 1.54) is 4.90 Å². The summed E-state index contributed by atoms with van der Waals surface area (Å²) in [5.41, 5.74) is 0. The minimum Gasteiger partial charge on any atom is -0.463 e. The van der Waals surface area contributed by atoms with Crippen molar-refractivity contribution < 1.29 is 14.4 Å². The predicted molar refractivity (Wildman–Crippen MR) is 45.6 cm³/mol. The van der Waals surface area contributed by atoms with Crippen LogP contribution in [0.25, 0.3) is 0 Å². The minimum atomic E-state index is -0.359. The van der Waals surface area contributed by atoms with Gasteiger partial charge in [-0.05, 0) is 6.92 Å². The van der Waals surface area contributed by atoms with Gasteiger partial charge in [0.25, 0.3) is 0 Å². The molecular formula is C8H18NO2+. The van der Waals surface area contributed by atoms with Gasteiger partial charge in [-0.3, -0.25) is 0 Å². The molecule has 0 bridgehead atoms. The van der Waals surface area contributed by atoms with Crippen molar-refractivity contribution in [2.24, 2.45) is 0 Å². The van der Waals surface area contributed by atoms with Gasteiger partial charge in [0.15, 0.2) is 0 Å². The average Bonchev–Trinajstić information content (AvgIpc) is 1.87. The van der Waals surface area contributed by atoms with Crippen LogP contribution in [0.4, 0.5) is 0 Å². The highest BCUT2D eigenvalue weighted by molar-refractivity contribution is 5.81. The number of hydrogen-bond acceptors (Lipinski definition) is 2. The number of esters is 1. The summed E-state index contributed by atoms with van der Waals surface area (Å²) in [5.74, 6) is -0.359. The maximum atomic E-state index is 10.1. The number of nitrogens with one attached hydrogen (secondary N) is 1. The number of hydrogen-bond donors (Lipinski definition) is 1.